The fourth-order valence-electron chi connectivity index (χ4n) is 2.60. The average Bonchev–Trinajstić information content (AvgIpc) is 2.91. The number of aromatic nitrogens is 2. The molecule has 0 aliphatic carbocycles. The van der Waals surface area contributed by atoms with Crippen molar-refractivity contribution >= 4 is 5.65 Å². The quantitative estimate of drug-likeness (QED) is 0.888. The van der Waals surface area contributed by atoms with Gasteiger partial charge in [-0.25, -0.2) is 4.98 Å². The summed E-state index contributed by atoms with van der Waals surface area (Å²) >= 11 is 0. The number of methoxy groups -OCH3 is 1. The maximum absolute atomic E-state index is 12.1. The standard InChI is InChI=1S/C14H17N3O2/c1-19-12-3-2-6-17-13(18)8-11(16-14(12)17)7-10-4-5-15-9-10/h2-3,6,8,10,15H,4-5,7,9H2,1H3. The lowest BCUT2D eigenvalue weighted by Crippen LogP contribution is -2.18. The van der Waals surface area contributed by atoms with Gasteiger partial charge in [0.15, 0.2) is 11.4 Å². The highest BCUT2D eigenvalue weighted by Crippen LogP contribution is 2.18. The number of rotatable bonds is 3. The van der Waals surface area contributed by atoms with E-state index >= 15 is 0 Å². The number of hydrogen-bond acceptors (Lipinski definition) is 4. The molecule has 0 radical (unpaired) electrons. The highest BCUT2D eigenvalue weighted by Gasteiger charge is 2.16. The topological polar surface area (TPSA) is 55.6 Å². The van der Waals surface area contributed by atoms with E-state index in [9.17, 15) is 4.79 Å². The molecule has 100 valence electrons. The first-order chi connectivity index (χ1) is 9.28. The molecule has 0 amide bonds. The summed E-state index contributed by atoms with van der Waals surface area (Å²) in [5.74, 6) is 1.20. The van der Waals surface area contributed by atoms with Gasteiger partial charge in [0.05, 0.1) is 7.11 Å². The molecule has 1 saturated heterocycles. The van der Waals surface area contributed by atoms with E-state index in [1.54, 1.807) is 25.4 Å². The molecule has 0 aromatic carbocycles. The summed E-state index contributed by atoms with van der Waals surface area (Å²) in [7, 11) is 1.59. The molecular formula is C14H17N3O2. The Kier molecular flexibility index (Phi) is 3.21. The first-order valence-corrected chi connectivity index (χ1v) is 6.54. The van der Waals surface area contributed by atoms with Gasteiger partial charge in [0.2, 0.25) is 0 Å². The second-order valence-corrected chi connectivity index (χ2v) is 4.92. The molecule has 0 spiro atoms. The summed E-state index contributed by atoms with van der Waals surface area (Å²) in [4.78, 5) is 16.7. The molecule has 0 saturated carbocycles. The molecule has 1 atom stereocenters. The summed E-state index contributed by atoms with van der Waals surface area (Å²) in [6.45, 7) is 2.06. The van der Waals surface area contributed by atoms with Crippen molar-refractivity contribution in [3.05, 3.63) is 40.4 Å². The molecule has 5 heteroatoms. The maximum atomic E-state index is 12.1. The molecule has 0 bridgehead atoms. The molecule has 2 aromatic rings. The summed E-state index contributed by atoms with van der Waals surface area (Å²) < 4.78 is 6.80. The van der Waals surface area contributed by atoms with Gasteiger partial charge in [0.1, 0.15) is 0 Å². The maximum Gasteiger partial charge on any atom is 0.258 e. The number of pyridine rings is 1. The Morgan fingerprint density at radius 1 is 1.58 bits per heavy atom. The molecule has 1 aliphatic rings. The summed E-state index contributed by atoms with van der Waals surface area (Å²) in [6, 6.07) is 5.24. The summed E-state index contributed by atoms with van der Waals surface area (Å²) in [6.07, 6.45) is 3.71. The van der Waals surface area contributed by atoms with Crippen molar-refractivity contribution in [2.75, 3.05) is 20.2 Å². The lowest BCUT2D eigenvalue weighted by atomic mass is 10.0. The lowest BCUT2D eigenvalue weighted by Gasteiger charge is -2.10. The van der Waals surface area contributed by atoms with Gasteiger partial charge in [-0.1, -0.05) is 0 Å². The van der Waals surface area contributed by atoms with Crippen molar-refractivity contribution in [3.63, 3.8) is 0 Å². The van der Waals surface area contributed by atoms with Crippen molar-refractivity contribution in [1.82, 2.24) is 14.7 Å². The van der Waals surface area contributed by atoms with Crippen molar-refractivity contribution in [2.24, 2.45) is 5.92 Å². The van der Waals surface area contributed by atoms with E-state index in [1.807, 2.05) is 6.07 Å². The molecular weight excluding hydrogens is 242 g/mol. The van der Waals surface area contributed by atoms with E-state index in [0.717, 1.165) is 31.6 Å². The Labute approximate surface area is 111 Å². The molecule has 5 nitrogen and oxygen atoms in total. The average molecular weight is 259 g/mol. The van der Waals surface area contributed by atoms with Gasteiger partial charge >= 0.3 is 0 Å². The van der Waals surface area contributed by atoms with E-state index in [1.165, 1.54) is 4.40 Å². The van der Waals surface area contributed by atoms with Crippen LogP contribution in [-0.2, 0) is 6.42 Å². The van der Waals surface area contributed by atoms with E-state index in [2.05, 4.69) is 10.3 Å². The Morgan fingerprint density at radius 3 is 3.21 bits per heavy atom. The minimum Gasteiger partial charge on any atom is -0.493 e. The molecule has 2 aromatic heterocycles. The number of fused-ring (bicyclic) bond motifs is 1. The van der Waals surface area contributed by atoms with Crippen LogP contribution >= 0.6 is 0 Å². The number of hydrogen-bond donors (Lipinski definition) is 1. The highest BCUT2D eigenvalue weighted by atomic mass is 16.5. The van der Waals surface area contributed by atoms with Gasteiger partial charge in [-0.05, 0) is 44.0 Å². The van der Waals surface area contributed by atoms with E-state index in [4.69, 9.17) is 4.74 Å². The first-order valence-electron chi connectivity index (χ1n) is 6.54. The van der Waals surface area contributed by atoms with Crippen molar-refractivity contribution in [1.29, 1.82) is 0 Å². The van der Waals surface area contributed by atoms with Crippen LogP contribution in [-0.4, -0.2) is 29.6 Å². The van der Waals surface area contributed by atoms with Gasteiger partial charge in [0.25, 0.3) is 5.56 Å². The van der Waals surface area contributed by atoms with Crippen molar-refractivity contribution in [2.45, 2.75) is 12.8 Å². The van der Waals surface area contributed by atoms with Crippen LogP contribution in [0.5, 0.6) is 5.75 Å². The molecule has 19 heavy (non-hydrogen) atoms. The van der Waals surface area contributed by atoms with Crippen LogP contribution in [0.25, 0.3) is 5.65 Å². The molecule has 3 rings (SSSR count). The van der Waals surface area contributed by atoms with Crippen LogP contribution in [0.3, 0.4) is 0 Å². The van der Waals surface area contributed by atoms with Crippen molar-refractivity contribution in [3.8, 4) is 5.75 Å². The Morgan fingerprint density at radius 2 is 2.47 bits per heavy atom. The van der Waals surface area contributed by atoms with Crippen LogP contribution in [0.15, 0.2) is 29.2 Å². The van der Waals surface area contributed by atoms with Crippen LogP contribution in [0, 0.1) is 5.92 Å². The van der Waals surface area contributed by atoms with Gasteiger partial charge in [-0.3, -0.25) is 9.20 Å². The van der Waals surface area contributed by atoms with Gasteiger partial charge < -0.3 is 10.1 Å². The Balaban J connectivity index is 2.04. The highest BCUT2D eigenvalue weighted by molar-refractivity contribution is 5.53. The molecule has 1 unspecified atom stereocenters. The predicted octanol–water partition coefficient (Wildman–Crippen LogP) is 0.855. The molecule has 1 fully saturated rings. The zero-order valence-electron chi connectivity index (χ0n) is 10.9. The van der Waals surface area contributed by atoms with E-state index in [0.29, 0.717) is 17.3 Å². The molecule has 1 N–H and O–H groups in total. The second kappa shape index (κ2) is 5.01. The third-order valence-electron chi connectivity index (χ3n) is 3.59. The summed E-state index contributed by atoms with van der Waals surface area (Å²) in [5, 5.41) is 3.33. The third kappa shape index (κ3) is 2.33. The Hall–Kier alpha value is -1.88. The van der Waals surface area contributed by atoms with Crippen LogP contribution in [0.4, 0.5) is 0 Å². The van der Waals surface area contributed by atoms with Crippen LogP contribution in [0.1, 0.15) is 12.1 Å². The molecule has 1 aliphatic heterocycles. The van der Waals surface area contributed by atoms with Gasteiger partial charge in [0, 0.05) is 18.0 Å². The van der Waals surface area contributed by atoms with Crippen molar-refractivity contribution < 1.29 is 4.74 Å². The minimum atomic E-state index is -0.0511. The lowest BCUT2D eigenvalue weighted by molar-refractivity contribution is 0.416. The third-order valence-corrected chi connectivity index (χ3v) is 3.59. The number of ether oxygens (including phenoxy) is 1. The van der Waals surface area contributed by atoms with E-state index in [-0.39, 0.29) is 5.56 Å². The Bertz CT molecular complexity index is 645. The normalized spacial score (nSPS) is 18.9. The zero-order chi connectivity index (χ0) is 13.2. The number of nitrogens with zero attached hydrogens (tertiary/aromatic N) is 2. The van der Waals surface area contributed by atoms with Gasteiger partial charge in [-0.2, -0.15) is 0 Å². The van der Waals surface area contributed by atoms with Crippen LogP contribution in [0.2, 0.25) is 0 Å². The molecule has 3 heterocycles. The van der Waals surface area contributed by atoms with Crippen LogP contribution < -0.4 is 15.6 Å². The van der Waals surface area contributed by atoms with E-state index < -0.39 is 0 Å². The minimum absolute atomic E-state index is 0.0511. The fourth-order valence-corrected chi connectivity index (χ4v) is 2.60. The second-order valence-electron chi connectivity index (χ2n) is 4.92. The summed E-state index contributed by atoms with van der Waals surface area (Å²) in [5.41, 5.74) is 1.39. The zero-order valence-corrected chi connectivity index (χ0v) is 10.9. The smallest absolute Gasteiger partial charge is 0.258 e. The first kappa shape index (κ1) is 12.2. The van der Waals surface area contributed by atoms with Gasteiger partial charge in [-0.15, -0.1) is 0 Å². The number of nitrogens with one attached hydrogen (secondary N) is 1. The monoisotopic (exact) mass is 259 g/mol. The predicted molar refractivity (Wildman–Crippen MR) is 72.7 cm³/mol. The fraction of sp³-hybridized carbons (Fsp3) is 0.429. The SMILES string of the molecule is COc1cccn2c(=O)cc(CC3CCNC3)nc12. The largest absolute Gasteiger partial charge is 0.493 e.